The number of aromatic hydroxyl groups is 2. The molecule has 1 saturated heterocycles. The Balaban J connectivity index is 1.87. The zero-order chi connectivity index (χ0) is 25.9. The van der Waals surface area contributed by atoms with Crippen molar-refractivity contribution in [2.75, 3.05) is 19.7 Å². The van der Waals surface area contributed by atoms with E-state index in [1.165, 1.54) is 12.1 Å². The van der Waals surface area contributed by atoms with Crippen LogP contribution in [-0.4, -0.2) is 52.2 Å². The molecule has 0 saturated carbocycles. The minimum absolute atomic E-state index is 0.0875. The average Bonchev–Trinajstić information content (AvgIpc) is 2.83. The zero-order valence-electron chi connectivity index (χ0n) is 21.6. The largest absolute Gasteiger partial charge is 0.508 e. The molecule has 196 valence electrons. The molecule has 2 N–H and O–H groups in total. The number of fused-ring (bicyclic) bond motifs is 1. The maximum atomic E-state index is 13.3. The predicted molar refractivity (Wildman–Crippen MR) is 141 cm³/mol. The molecule has 0 bridgehead atoms. The van der Waals surface area contributed by atoms with Gasteiger partial charge in [0.15, 0.2) is 12.4 Å². The van der Waals surface area contributed by atoms with E-state index in [4.69, 9.17) is 4.84 Å². The first-order valence-corrected chi connectivity index (χ1v) is 13.2. The van der Waals surface area contributed by atoms with Crippen molar-refractivity contribution in [3.63, 3.8) is 0 Å². The van der Waals surface area contributed by atoms with Crippen LogP contribution in [0.15, 0.2) is 41.6 Å². The van der Waals surface area contributed by atoms with Crippen LogP contribution in [-0.2, 0) is 16.1 Å². The molecule has 1 amide bonds. The number of nitrogens with zero attached hydrogens (tertiary/aromatic N) is 2. The van der Waals surface area contributed by atoms with E-state index in [2.05, 4.69) is 31.2 Å². The van der Waals surface area contributed by atoms with Gasteiger partial charge in [-0.3, -0.25) is 9.59 Å². The van der Waals surface area contributed by atoms with E-state index in [-0.39, 0.29) is 47.7 Å². The van der Waals surface area contributed by atoms with Gasteiger partial charge >= 0.3 is 0 Å². The summed E-state index contributed by atoms with van der Waals surface area (Å²) in [6.45, 7) is 5.60. The number of amides is 1. The van der Waals surface area contributed by atoms with E-state index in [0.29, 0.717) is 23.6 Å². The smallest absolute Gasteiger partial charge is 0.263 e. The van der Waals surface area contributed by atoms with Crippen molar-refractivity contribution in [1.29, 1.82) is 0 Å². The number of phenolic OH excluding ortho intramolecular Hbond substituents is 2. The van der Waals surface area contributed by atoms with Crippen LogP contribution in [0.4, 0.5) is 0 Å². The molecule has 0 aromatic heterocycles. The van der Waals surface area contributed by atoms with Crippen LogP contribution in [0.3, 0.4) is 0 Å². The fourth-order valence-electron chi connectivity index (χ4n) is 4.93. The monoisotopic (exact) mass is 496 g/mol. The first-order chi connectivity index (χ1) is 17.4. The first kappa shape index (κ1) is 27.5. The summed E-state index contributed by atoms with van der Waals surface area (Å²) in [6.07, 6.45) is 15.3. The standard InChI is InChI=1S/C29H40N2O5/c1-3-9-22-12-7-10-21(2)11-8-13-24(30-36-20-28(35)31-14-5-4-6-15-31)17-23-18-25(32)19-27(34)29(23)26(33)16-22/h7-8,10,13,18-19,21-22,32,34H,3-6,9,11-12,14-17,20H2,1-2H3/b10-7+,13-8+,30-24-. The maximum absolute atomic E-state index is 13.3. The number of phenols is 2. The van der Waals surface area contributed by atoms with Gasteiger partial charge in [-0.2, -0.15) is 0 Å². The third kappa shape index (κ3) is 8.25. The highest BCUT2D eigenvalue weighted by molar-refractivity contribution is 6.03. The van der Waals surface area contributed by atoms with E-state index >= 15 is 0 Å². The topological polar surface area (TPSA) is 99.4 Å². The van der Waals surface area contributed by atoms with Gasteiger partial charge in [-0.05, 0) is 68.1 Å². The molecule has 7 nitrogen and oxygen atoms in total. The van der Waals surface area contributed by atoms with Gasteiger partial charge in [0.1, 0.15) is 11.5 Å². The number of ketones is 1. The van der Waals surface area contributed by atoms with Crippen LogP contribution in [0.2, 0.25) is 0 Å². The van der Waals surface area contributed by atoms with Crippen LogP contribution >= 0.6 is 0 Å². The van der Waals surface area contributed by atoms with E-state index in [0.717, 1.165) is 58.0 Å². The van der Waals surface area contributed by atoms with Crippen LogP contribution in [0, 0.1) is 11.8 Å². The Morgan fingerprint density at radius 2 is 1.92 bits per heavy atom. The summed E-state index contributed by atoms with van der Waals surface area (Å²) < 4.78 is 0. The molecular weight excluding hydrogens is 456 g/mol. The van der Waals surface area contributed by atoms with Crippen molar-refractivity contribution in [2.24, 2.45) is 17.0 Å². The number of piperidine rings is 1. The van der Waals surface area contributed by atoms with Crippen LogP contribution < -0.4 is 0 Å². The minimum Gasteiger partial charge on any atom is -0.508 e. The third-order valence-electron chi connectivity index (χ3n) is 6.84. The van der Waals surface area contributed by atoms with Crippen molar-refractivity contribution >= 4 is 17.4 Å². The highest BCUT2D eigenvalue weighted by atomic mass is 16.6. The molecule has 1 aliphatic carbocycles. The Bertz CT molecular complexity index is 992. The Morgan fingerprint density at radius 1 is 1.14 bits per heavy atom. The Labute approximate surface area is 214 Å². The maximum Gasteiger partial charge on any atom is 0.263 e. The molecule has 2 atom stereocenters. The lowest BCUT2D eigenvalue weighted by Gasteiger charge is -2.26. The summed E-state index contributed by atoms with van der Waals surface area (Å²) in [5.74, 6) is -0.0787. The number of Topliss-reactive ketones (excluding diaryl/α,β-unsaturated/α-hetero) is 1. The van der Waals surface area contributed by atoms with Crippen molar-refractivity contribution in [3.8, 4) is 11.5 Å². The summed E-state index contributed by atoms with van der Waals surface area (Å²) in [6, 6.07) is 2.70. The van der Waals surface area contributed by atoms with Gasteiger partial charge in [0.25, 0.3) is 5.91 Å². The summed E-state index contributed by atoms with van der Waals surface area (Å²) in [5.41, 5.74) is 1.22. The number of allylic oxidation sites excluding steroid dienone is 4. The lowest BCUT2D eigenvalue weighted by atomic mass is 9.88. The number of oxime groups is 1. The van der Waals surface area contributed by atoms with Crippen molar-refractivity contribution in [1.82, 2.24) is 4.90 Å². The summed E-state index contributed by atoms with van der Waals surface area (Å²) in [5, 5.41) is 25.0. The molecule has 2 unspecified atom stereocenters. The van der Waals surface area contributed by atoms with Gasteiger partial charge in [-0.1, -0.05) is 43.7 Å². The van der Waals surface area contributed by atoms with Gasteiger partial charge in [-0.15, -0.1) is 0 Å². The quantitative estimate of drug-likeness (QED) is 0.411. The fourth-order valence-corrected chi connectivity index (χ4v) is 4.93. The summed E-state index contributed by atoms with van der Waals surface area (Å²) >= 11 is 0. The lowest BCUT2D eigenvalue weighted by molar-refractivity contribution is -0.137. The molecule has 0 spiro atoms. The molecule has 3 rings (SSSR count). The molecule has 1 aromatic rings. The molecule has 1 heterocycles. The number of carbonyl (C=O) groups is 2. The number of rotatable bonds is 5. The number of carbonyl (C=O) groups excluding carboxylic acids is 2. The number of benzene rings is 1. The molecule has 7 heteroatoms. The van der Waals surface area contributed by atoms with Crippen LogP contribution in [0.1, 0.15) is 81.1 Å². The number of hydrogen-bond acceptors (Lipinski definition) is 6. The molecule has 36 heavy (non-hydrogen) atoms. The number of hydrogen-bond donors (Lipinski definition) is 2. The average molecular weight is 497 g/mol. The lowest BCUT2D eigenvalue weighted by Crippen LogP contribution is -2.37. The zero-order valence-corrected chi connectivity index (χ0v) is 21.6. The van der Waals surface area contributed by atoms with Gasteiger partial charge in [0.2, 0.25) is 0 Å². The van der Waals surface area contributed by atoms with E-state index < -0.39 is 0 Å². The van der Waals surface area contributed by atoms with E-state index in [1.807, 2.05) is 12.2 Å². The second-order valence-electron chi connectivity index (χ2n) is 10.0. The van der Waals surface area contributed by atoms with Gasteiger partial charge in [0.05, 0.1) is 11.3 Å². The normalized spacial score (nSPS) is 24.6. The second-order valence-corrected chi connectivity index (χ2v) is 10.0. The predicted octanol–water partition coefficient (Wildman–Crippen LogP) is 5.56. The Kier molecular flexibility index (Phi) is 10.6. The van der Waals surface area contributed by atoms with Crippen LogP contribution in [0.5, 0.6) is 11.5 Å². The first-order valence-electron chi connectivity index (χ1n) is 13.2. The highest BCUT2D eigenvalue weighted by Crippen LogP contribution is 2.31. The van der Waals surface area contributed by atoms with E-state index in [1.54, 1.807) is 4.90 Å². The number of likely N-dealkylation sites (tertiary alicyclic amines) is 1. The van der Waals surface area contributed by atoms with Gasteiger partial charge < -0.3 is 20.0 Å². The molecular formula is C29H40N2O5. The van der Waals surface area contributed by atoms with Gasteiger partial charge in [-0.25, -0.2) is 0 Å². The highest BCUT2D eigenvalue weighted by Gasteiger charge is 2.22. The Morgan fingerprint density at radius 3 is 2.67 bits per heavy atom. The molecule has 1 aliphatic heterocycles. The van der Waals surface area contributed by atoms with Crippen molar-refractivity contribution in [2.45, 2.75) is 71.6 Å². The van der Waals surface area contributed by atoms with Crippen molar-refractivity contribution in [3.05, 3.63) is 47.6 Å². The SMILES string of the molecule is CCCC1C/C=C/C(C)C/C=C/C(=N/OCC(=O)N2CCCCC2)Cc2cc(O)cc(O)c2C(=O)C1. The molecule has 1 aromatic carbocycles. The minimum atomic E-state index is -0.231. The summed E-state index contributed by atoms with van der Waals surface area (Å²) in [4.78, 5) is 33.1. The van der Waals surface area contributed by atoms with Gasteiger partial charge in [0, 0.05) is 32.0 Å². The third-order valence-corrected chi connectivity index (χ3v) is 6.84. The second kappa shape index (κ2) is 13.9. The molecule has 2 aliphatic rings. The Hall–Kier alpha value is -3.09. The van der Waals surface area contributed by atoms with E-state index in [9.17, 15) is 19.8 Å². The fraction of sp³-hybridized carbons (Fsp3) is 0.552. The van der Waals surface area contributed by atoms with Crippen molar-refractivity contribution < 1.29 is 24.6 Å². The molecule has 0 radical (unpaired) electrons. The summed E-state index contributed by atoms with van der Waals surface area (Å²) in [7, 11) is 0. The van der Waals surface area contributed by atoms with Crippen LogP contribution in [0.25, 0.3) is 0 Å². The molecule has 1 fully saturated rings.